The van der Waals surface area contributed by atoms with Crippen molar-refractivity contribution in [3.05, 3.63) is 46.4 Å². The number of nitrogens with one attached hydrogen (secondary N) is 2. The fourth-order valence-corrected chi connectivity index (χ4v) is 2.30. The maximum Gasteiger partial charge on any atom is 0.205 e. The standard InChI is InChI=1S/C13H9Cl2N3O.ClH/c14-7-3-1-4-8(15)11(7)17-13-16-9-5-2-6-10(19)12(9)18-13;/h1-6,19H,(H2,16,17,18);1H. The maximum absolute atomic E-state index is 9.70. The third-order valence-corrected chi connectivity index (χ3v) is 3.33. The number of aromatic nitrogens is 2. The number of fused-ring (bicyclic) bond motifs is 1. The van der Waals surface area contributed by atoms with E-state index in [1.807, 2.05) is 6.07 Å². The van der Waals surface area contributed by atoms with Gasteiger partial charge in [0.2, 0.25) is 5.95 Å². The number of hydrogen-bond donors (Lipinski definition) is 3. The van der Waals surface area contributed by atoms with Crippen molar-refractivity contribution in [2.75, 3.05) is 5.32 Å². The van der Waals surface area contributed by atoms with Crippen LogP contribution in [0, 0.1) is 0 Å². The van der Waals surface area contributed by atoms with E-state index in [0.29, 0.717) is 27.2 Å². The minimum absolute atomic E-state index is 0. The second-order valence-electron chi connectivity index (χ2n) is 3.98. The van der Waals surface area contributed by atoms with Crippen LogP contribution in [0.25, 0.3) is 11.0 Å². The number of phenolic OH excluding ortho intramolecular Hbond substituents is 1. The molecule has 0 unspecified atom stereocenters. The first-order valence-corrected chi connectivity index (χ1v) is 6.29. The van der Waals surface area contributed by atoms with Crippen molar-refractivity contribution in [2.24, 2.45) is 0 Å². The lowest BCUT2D eigenvalue weighted by molar-refractivity contribution is 0.480. The highest BCUT2D eigenvalue weighted by Gasteiger charge is 2.10. The summed E-state index contributed by atoms with van der Waals surface area (Å²) in [6, 6.07) is 10.4. The number of halogens is 3. The predicted molar refractivity (Wildman–Crippen MR) is 84.8 cm³/mol. The normalized spacial score (nSPS) is 10.3. The molecule has 0 radical (unpaired) electrons. The molecule has 104 valence electrons. The minimum atomic E-state index is 0. The number of anilines is 2. The molecule has 4 nitrogen and oxygen atoms in total. The van der Waals surface area contributed by atoms with E-state index < -0.39 is 0 Å². The molecule has 0 atom stereocenters. The van der Waals surface area contributed by atoms with Crippen LogP contribution >= 0.6 is 35.6 Å². The highest BCUT2D eigenvalue weighted by Crippen LogP contribution is 2.33. The molecule has 7 heteroatoms. The second kappa shape index (κ2) is 5.79. The molecule has 0 aliphatic heterocycles. The summed E-state index contributed by atoms with van der Waals surface area (Å²) in [5.41, 5.74) is 1.79. The van der Waals surface area contributed by atoms with E-state index in [1.54, 1.807) is 30.3 Å². The van der Waals surface area contributed by atoms with Gasteiger partial charge in [-0.25, -0.2) is 4.98 Å². The lowest BCUT2D eigenvalue weighted by Gasteiger charge is -2.06. The number of hydrogen-bond acceptors (Lipinski definition) is 3. The largest absolute Gasteiger partial charge is 0.506 e. The number of benzene rings is 2. The maximum atomic E-state index is 9.70. The SMILES string of the molecule is Cl.Oc1cccc2[nH]c(Nc3c(Cl)cccc3Cl)nc12. The zero-order valence-electron chi connectivity index (χ0n) is 10.0. The third kappa shape index (κ3) is 2.63. The Hall–Kier alpha value is -1.62. The molecule has 0 amide bonds. The van der Waals surface area contributed by atoms with Gasteiger partial charge < -0.3 is 15.4 Å². The van der Waals surface area contributed by atoms with Crippen molar-refractivity contribution < 1.29 is 5.11 Å². The molecule has 3 rings (SSSR count). The third-order valence-electron chi connectivity index (χ3n) is 2.70. The van der Waals surface area contributed by atoms with Crippen molar-refractivity contribution in [1.82, 2.24) is 9.97 Å². The number of aromatic hydroxyl groups is 1. The quantitative estimate of drug-likeness (QED) is 0.636. The average Bonchev–Trinajstić information content (AvgIpc) is 2.78. The van der Waals surface area contributed by atoms with E-state index in [9.17, 15) is 5.11 Å². The summed E-state index contributed by atoms with van der Waals surface area (Å²) < 4.78 is 0. The molecule has 0 saturated carbocycles. The molecule has 0 spiro atoms. The Morgan fingerprint density at radius 3 is 2.35 bits per heavy atom. The van der Waals surface area contributed by atoms with Crippen molar-refractivity contribution in [3.8, 4) is 5.75 Å². The lowest BCUT2D eigenvalue weighted by Crippen LogP contribution is -1.93. The van der Waals surface area contributed by atoms with Gasteiger partial charge in [0, 0.05) is 0 Å². The van der Waals surface area contributed by atoms with Crippen LogP contribution in [0.5, 0.6) is 5.75 Å². The Labute approximate surface area is 131 Å². The van der Waals surface area contributed by atoms with Crippen LogP contribution in [0.15, 0.2) is 36.4 Å². The summed E-state index contributed by atoms with van der Waals surface area (Å²) in [5, 5.41) is 13.7. The van der Waals surface area contributed by atoms with Gasteiger partial charge in [-0.3, -0.25) is 0 Å². The Kier molecular flexibility index (Phi) is 4.28. The van der Waals surface area contributed by atoms with E-state index in [4.69, 9.17) is 23.2 Å². The highest BCUT2D eigenvalue weighted by molar-refractivity contribution is 6.39. The first kappa shape index (κ1) is 14.8. The number of para-hydroxylation sites is 2. The number of aromatic amines is 1. The van der Waals surface area contributed by atoms with Crippen LogP contribution < -0.4 is 5.32 Å². The predicted octanol–water partition coefficient (Wildman–Crippen LogP) is 4.74. The molecule has 0 bridgehead atoms. The van der Waals surface area contributed by atoms with Gasteiger partial charge in [0.25, 0.3) is 0 Å². The van der Waals surface area contributed by atoms with Gasteiger partial charge in [0.15, 0.2) is 0 Å². The van der Waals surface area contributed by atoms with E-state index in [2.05, 4.69) is 15.3 Å². The van der Waals surface area contributed by atoms with Gasteiger partial charge in [-0.1, -0.05) is 35.3 Å². The van der Waals surface area contributed by atoms with Crippen LogP contribution in [0.2, 0.25) is 10.0 Å². The fourth-order valence-electron chi connectivity index (χ4n) is 1.81. The Balaban J connectivity index is 0.00000147. The van der Waals surface area contributed by atoms with Gasteiger partial charge in [0.1, 0.15) is 11.3 Å². The molecule has 0 fully saturated rings. The lowest BCUT2D eigenvalue weighted by atomic mass is 10.3. The molecule has 1 heterocycles. The Morgan fingerprint density at radius 2 is 1.70 bits per heavy atom. The Bertz CT molecular complexity index is 737. The summed E-state index contributed by atoms with van der Waals surface area (Å²) in [5.74, 6) is 0.582. The molecule has 20 heavy (non-hydrogen) atoms. The second-order valence-corrected chi connectivity index (χ2v) is 4.79. The van der Waals surface area contributed by atoms with Crippen LogP contribution in [0.4, 0.5) is 11.6 Å². The molecule has 0 saturated heterocycles. The smallest absolute Gasteiger partial charge is 0.205 e. The van der Waals surface area contributed by atoms with Gasteiger partial charge in [-0.2, -0.15) is 0 Å². The first-order valence-electron chi connectivity index (χ1n) is 5.54. The summed E-state index contributed by atoms with van der Waals surface area (Å²) >= 11 is 12.1. The van der Waals surface area contributed by atoms with Crippen LogP contribution in [0.1, 0.15) is 0 Å². The summed E-state index contributed by atoms with van der Waals surface area (Å²) in [6.07, 6.45) is 0. The molecule has 3 N–H and O–H groups in total. The first-order chi connectivity index (χ1) is 9.15. The zero-order valence-corrected chi connectivity index (χ0v) is 12.4. The van der Waals surface area contributed by atoms with Crippen molar-refractivity contribution in [3.63, 3.8) is 0 Å². The van der Waals surface area contributed by atoms with E-state index in [1.165, 1.54) is 0 Å². The van der Waals surface area contributed by atoms with Crippen LogP contribution in [0.3, 0.4) is 0 Å². The van der Waals surface area contributed by atoms with E-state index in [0.717, 1.165) is 5.52 Å². The van der Waals surface area contributed by atoms with E-state index in [-0.39, 0.29) is 18.2 Å². The number of phenols is 1. The average molecular weight is 331 g/mol. The Morgan fingerprint density at radius 1 is 1.05 bits per heavy atom. The van der Waals surface area contributed by atoms with Gasteiger partial charge in [0.05, 0.1) is 21.2 Å². The van der Waals surface area contributed by atoms with Gasteiger partial charge >= 0.3 is 0 Å². The molecule has 0 aliphatic rings. The van der Waals surface area contributed by atoms with Gasteiger partial charge in [-0.15, -0.1) is 12.4 Å². The van der Waals surface area contributed by atoms with Crippen LogP contribution in [-0.4, -0.2) is 15.1 Å². The van der Waals surface area contributed by atoms with Crippen molar-refractivity contribution in [1.29, 1.82) is 0 Å². The number of rotatable bonds is 2. The topological polar surface area (TPSA) is 60.9 Å². The van der Waals surface area contributed by atoms with Crippen molar-refractivity contribution in [2.45, 2.75) is 0 Å². The monoisotopic (exact) mass is 329 g/mol. The zero-order chi connectivity index (χ0) is 13.4. The number of nitrogens with zero attached hydrogens (tertiary/aromatic N) is 1. The summed E-state index contributed by atoms with van der Waals surface area (Å²) in [7, 11) is 0. The highest BCUT2D eigenvalue weighted by atomic mass is 35.5. The van der Waals surface area contributed by atoms with Crippen molar-refractivity contribution >= 4 is 58.3 Å². The summed E-state index contributed by atoms with van der Waals surface area (Å²) in [6.45, 7) is 0. The number of H-pyrrole nitrogens is 1. The molecular weight excluding hydrogens is 321 g/mol. The minimum Gasteiger partial charge on any atom is -0.506 e. The van der Waals surface area contributed by atoms with Gasteiger partial charge in [-0.05, 0) is 24.3 Å². The molecule has 0 aliphatic carbocycles. The van der Waals surface area contributed by atoms with Crippen LogP contribution in [-0.2, 0) is 0 Å². The fraction of sp³-hybridized carbons (Fsp3) is 0. The molecular formula is C13H10Cl3N3O. The van der Waals surface area contributed by atoms with E-state index >= 15 is 0 Å². The molecule has 3 aromatic rings. The summed E-state index contributed by atoms with van der Waals surface area (Å²) in [4.78, 5) is 7.30. The number of imidazole rings is 1. The molecule has 2 aromatic carbocycles. The molecule has 1 aromatic heterocycles.